The van der Waals surface area contributed by atoms with Gasteiger partial charge in [-0.05, 0) is 43.8 Å². The first-order valence-corrected chi connectivity index (χ1v) is 9.96. The number of nitrogens with one attached hydrogen (secondary N) is 1. The standard InChI is InChI=1S/C21H21N3O3S/c1-3-26-15-8-6-14(7-9-15)11-24(2)12-18-22-20(25)19-16(13-28-21(19)23-18)17-5-4-10-27-17/h4-10,13H,3,11-12H2,1-2H3,(H,22,23,25). The minimum absolute atomic E-state index is 0.137. The van der Waals surface area contributed by atoms with Crippen LogP contribution < -0.4 is 10.3 Å². The molecule has 28 heavy (non-hydrogen) atoms. The van der Waals surface area contributed by atoms with Crippen LogP contribution in [0.2, 0.25) is 0 Å². The molecule has 0 amide bonds. The van der Waals surface area contributed by atoms with Gasteiger partial charge in [-0.3, -0.25) is 9.69 Å². The van der Waals surface area contributed by atoms with Gasteiger partial charge in [-0.1, -0.05) is 12.1 Å². The topological polar surface area (TPSA) is 71.4 Å². The molecule has 4 aromatic rings. The SMILES string of the molecule is CCOc1ccc(CN(C)Cc2nc3scc(-c4ccco4)c3c(=O)[nH]2)cc1. The number of H-pyrrole nitrogens is 1. The van der Waals surface area contributed by atoms with Gasteiger partial charge in [0.15, 0.2) is 0 Å². The van der Waals surface area contributed by atoms with Gasteiger partial charge >= 0.3 is 0 Å². The number of fused-ring (bicyclic) bond motifs is 1. The Morgan fingerprint density at radius 2 is 2.04 bits per heavy atom. The van der Waals surface area contributed by atoms with Crippen molar-refractivity contribution in [2.24, 2.45) is 0 Å². The van der Waals surface area contributed by atoms with E-state index in [1.807, 2.05) is 43.6 Å². The lowest BCUT2D eigenvalue weighted by molar-refractivity contribution is 0.310. The van der Waals surface area contributed by atoms with Crippen molar-refractivity contribution in [1.82, 2.24) is 14.9 Å². The summed E-state index contributed by atoms with van der Waals surface area (Å²) in [6.45, 7) is 3.92. The summed E-state index contributed by atoms with van der Waals surface area (Å²) in [5.74, 6) is 2.20. The smallest absolute Gasteiger partial charge is 0.260 e. The number of aromatic amines is 1. The zero-order valence-corrected chi connectivity index (χ0v) is 16.6. The second-order valence-corrected chi connectivity index (χ2v) is 7.43. The predicted molar refractivity (Wildman–Crippen MR) is 111 cm³/mol. The molecule has 3 aromatic heterocycles. The van der Waals surface area contributed by atoms with Crippen molar-refractivity contribution < 1.29 is 9.15 Å². The highest BCUT2D eigenvalue weighted by atomic mass is 32.1. The summed E-state index contributed by atoms with van der Waals surface area (Å²) in [4.78, 5) is 23.1. The molecule has 7 heteroatoms. The minimum Gasteiger partial charge on any atom is -0.494 e. The van der Waals surface area contributed by atoms with E-state index in [9.17, 15) is 4.79 Å². The van der Waals surface area contributed by atoms with Gasteiger partial charge < -0.3 is 14.1 Å². The van der Waals surface area contributed by atoms with Gasteiger partial charge in [-0.2, -0.15) is 0 Å². The Morgan fingerprint density at radius 1 is 1.21 bits per heavy atom. The highest BCUT2D eigenvalue weighted by molar-refractivity contribution is 7.17. The number of hydrogen-bond acceptors (Lipinski definition) is 6. The van der Waals surface area contributed by atoms with Gasteiger partial charge in [0.05, 0.1) is 24.8 Å². The first-order chi connectivity index (χ1) is 13.6. The van der Waals surface area contributed by atoms with Crippen molar-refractivity contribution in [3.05, 3.63) is 69.8 Å². The van der Waals surface area contributed by atoms with Crippen LogP contribution in [0, 0.1) is 0 Å². The van der Waals surface area contributed by atoms with Crippen molar-refractivity contribution >= 4 is 21.6 Å². The molecular formula is C21H21N3O3S. The second kappa shape index (κ2) is 8.00. The second-order valence-electron chi connectivity index (χ2n) is 6.57. The zero-order valence-electron chi connectivity index (χ0n) is 15.8. The first-order valence-electron chi connectivity index (χ1n) is 9.08. The summed E-state index contributed by atoms with van der Waals surface area (Å²) >= 11 is 1.45. The number of nitrogens with zero attached hydrogens (tertiary/aromatic N) is 2. The molecule has 0 unspecified atom stereocenters. The van der Waals surface area contributed by atoms with E-state index in [4.69, 9.17) is 9.15 Å². The van der Waals surface area contributed by atoms with Crippen molar-refractivity contribution in [3.63, 3.8) is 0 Å². The Bertz CT molecular complexity index is 1110. The van der Waals surface area contributed by atoms with Gasteiger partial charge in [-0.25, -0.2) is 4.98 Å². The molecule has 6 nitrogen and oxygen atoms in total. The maximum absolute atomic E-state index is 12.7. The van der Waals surface area contributed by atoms with Gasteiger partial charge in [0.1, 0.15) is 22.2 Å². The van der Waals surface area contributed by atoms with Crippen molar-refractivity contribution in [2.45, 2.75) is 20.0 Å². The van der Waals surface area contributed by atoms with Crippen LogP contribution in [0.5, 0.6) is 5.75 Å². The van der Waals surface area contributed by atoms with Crippen LogP contribution >= 0.6 is 11.3 Å². The number of thiophene rings is 1. The maximum Gasteiger partial charge on any atom is 0.260 e. The molecule has 144 valence electrons. The number of aromatic nitrogens is 2. The number of hydrogen-bond donors (Lipinski definition) is 1. The molecule has 3 heterocycles. The van der Waals surface area contributed by atoms with Gasteiger partial charge in [0, 0.05) is 17.5 Å². The maximum atomic E-state index is 12.7. The van der Waals surface area contributed by atoms with Crippen molar-refractivity contribution in [2.75, 3.05) is 13.7 Å². The van der Waals surface area contributed by atoms with Crippen LogP contribution in [0.15, 0.2) is 57.3 Å². The average molecular weight is 395 g/mol. The number of furan rings is 1. The largest absolute Gasteiger partial charge is 0.494 e. The number of benzene rings is 1. The van der Waals surface area contributed by atoms with E-state index in [2.05, 4.69) is 27.0 Å². The number of rotatable bonds is 7. The zero-order chi connectivity index (χ0) is 19.5. The Morgan fingerprint density at radius 3 is 2.75 bits per heavy atom. The fourth-order valence-corrected chi connectivity index (χ4v) is 4.11. The molecule has 4 rings (SSSR count). The van der Waals surface area contributed by atoms with E-state index >= 15 is 0 Å². The Balaban J connectivity index is 1.51. The van der Waals surface area contributed by atoms with E-state index in [1.54, 1.807) is 6.26 Å². The lowest BCUT2D eigenvalue weighted by atomic mass is 10.2. The van der Waals surface area contributed by atoms with Gasteiger partial charge in [0.2, 0.25) is 0 Å². The summed E-state index contributed by atoms with van der Waals surface area (Å²) in [5, 5.41) is 2.50. The average Bonchev–Trinajstić information content (AvgIpc) is 3.33. The molecule has 0 aliphatic rings. The molecule has 1 aromatic carbocycles. The molecule has 0 saturated carbocycles. The fourth-order valence-electron chi connectivity index (χ4n) is 3.16. The van der Waals surface area contributed by atoms with E-state index < -0.39 is 0 Å². The quantitative estimate of drug-likeness (QED) is 0.506. The highest BCUT2D eigenvalue weighted by Crippen LogP contribution is 2.30. The van der Waals surface area contributed by atoms with E-state index in [0.29, 0.717) is 30.1 Å². The van der Waals surface area contributed by atoms with E-state index in [0.717, 1.165) is 22.7 Å². The fraction of sp³-hybridized carbons (Fsp3) is 0.238. The molecule has 0 aliphatic heterocycles. The lowest BCUT2D eigenvalue weighted by Crippen LogP contribution is -2.21. The Hall–Kier alpha value is -2.90. The summed E-state index contributed by atoms with van der Waals surface area (Å²) in [6, 6.07) is 11.7. The Labute approximate surface area is 166 Å². The summed E-state index contributed by atoms with van der Waals surface area (Å²) in [7, 11) is 2.00. The van der Waals surface area contributed by atoms with Gasteiger partial charge in [0.25, 0.3) is 5.56 Å². The summed E-state index contributed by atoms with van der Waals surface area (Å²) in [6.07, 6.45) is 1.60. The molecule has 0 atom stereocenters. The van der Waals surface area contributed by atoms with Crippen LogP contribution in [-0.2, 0) is 13.1 Å². The van der Waals surface area contributed by atoms with Crippen LogP contribution in [0.1, 0.15) is 18.3 Å². The lowest BCUT2D eigenvalue weighted by Gasteiger charge is -2.16. The molecule has 1 N–H and O–H groups in total. The van der Waals surface area contributed by atoms with Crippen molar-refractivity contribution in [1.29, 1.82) is 0 Å². The third-order valence-corrected chi connectivity index (χ3v) is 5.26. The van der Waals surface area contributed by atoms with Gasteiger partial charge in [-0.15, -0.1) is 11.3 Å². The van der Waals surface area contributed by atoms with Crippen LogP contribution in [-0.4, -0.2) is 28.5 Å². The molecular weight excluding hydrogens is 374 g/mol. The summed E-state index contributed by atoms with van der Waals surface area (Å²) in [5.41, 5.74) is 1.82. The summed E-state index contributed by atoms with van der Waals surface area (Å²) < 4.78 is 10.9. The van der Waals surface area contributed by atoms with E-state index in [1.165, 1.54) is 16.9 Å². The van der Waals surface area contributed by atoms with Crippen molar-refractivity contribution in [3.8, 4) is 17.1 Å². The van der Waals surface area contributed by atoms with Crippen LogP contribution in [0.25, 0.3) is 21.5 Å². The molecule has 0 bridgehead atoms. The molecule has 0 radical (unpaired) electrons. The third kappa shape index (κ3) is 3.85. The highest BCUT2D eigenvalue weighted by Gasteiger charge is 2.15. The van der Waals surface area contributed by atoms with Crippen LogP contribution in [0.4, 0.5) is 0 Å². The number of ether oxygens (including phenoxy) is 1. The molecule has 0 spiro atoms. The molecule has 0 aliphatic carbocycles. The van der Waals surface area contributed by atoms with Crippen LogP contribution in [0.3, 0.4) is 0 Å². The van der Waals surface area contributed by atoms with E-state index in [-0.39, 0.29) is 5.56 Å². The predicted octanol–water partition coefficient (Wildman–Crippen LogP) is 4.28. The minimum atomic E-state index is -0.137. The molecule has 0 saturated heterocycles. The first kappa shape index (κ1) is 18.5. The molecule has 0 fully saturated rings. The third-order valence-electron chi connectivity index (χ3n) is 4.39. The normalized spacial score (nSPS) is 11.4. The monoisotopic (exact) mass is 395 g/mol. The Kier molecular flexibility index (Phi) is 5.27.